The fourth-order valence-electron chi connectivity index (χ4n) is 2.48. The summed E-state index contributed by atoms with van der Waals surface area (Å²) in [6.07, 6.45) is 0. The second-order valence-electron chi connectivity index (χ2n) is 4.97. The van der Waals surface area contributed by atoms with Gasteiger partial charge in [0, 0.05) is 19.1 Å². The lowest BCUT2D eigenvalue weighted by Crippen LogP contribution is -2.33. The molecular weight excluding hydrogens is 303 g/mol. The van der Waals surface area contributed by atoms with Crippen molar-refractivity contribution in [1.82, 2.24) is 4.90 Å². The fraction of sp³-hybridized carbons (Fsp3) is 0.294. The van der Waals surface area contributed by atoms with Gasteiger partial charge in [-0.05, 0) is 29.8 Å². The average molecular weight is 323 g/mol. The molecule has 2 N–H and O–H groups in total. The fourth-order valence-corrected chi connectivity index (χ4v) is 2.78. The third-order valence-corrected chi connectivity index (χ3v) is 4.37. The topological polar surface area (TPSA) is 29.3 Å². The Morgan fingerprint density at radius 2 is 1.76 bits per heavy atom. The second-order valence-corrected chi connectivity index (χ2v) is 5.79. The summed E-state index contributed by atoms with van der Waals surface area (Å²) in [6, 6.07) is 16.3. The van der Waals surface area contributed by atoms with Gasteiger partial charge >= 0.3 is 0 Å². The van der Waals surface area contributed by atoms with Crippen LogP contribution >= 0.6 is 23.2 Å². The first-order chi connectivity index (χ1) is 10.2. The molecule has 0 aromatic heterocycles. The molecule has 0 aliphatic rings. The van der Waals surface area contributed by atoms with Crippen molar-refractivity contribution in [3.63, 3.8) is 0 Å². The summed E-state index contributed by atoms with van der Waals surface area (Å²) in [4.78, 5) is 2.34. The summed E-state index contributed by atoms with van der Waals surface area (Å²) in [6.45, 7) is 4.46. The van der Waals surface area contributed by atoms with Gasteiger partial charge in [-0.2, -0.15) is 0 Å². The van der Waals surface area contributed by atoms with Gasteiger partial charge in [0.15, 0.2) is 0 Å². The minimum Gasteiger partial charge on any atom is -0.329 e. The van der Waals surface area contributed by atoms with Crippen molar-refractivity contribution in [2.24, 2.45) is 5.73 Å². The molecule has 0 spiro atoms. The van der Waals surface area contributed by atoms with Crippen LogP contribution in [0.1, 0.15) is 24.1 Å². The van der Waals surface area contributed by atoms with Crippen molar-refractivity contribution in [1.29, 1.82) is 0 Å². The van der Waals surface area contributed by atoms with Gasteiger partial charge in [0.05, 0.1) is 10.0 Å². The van der Waals surface area contributed by atoms with E-state index in [9.17, 15) is 0 Å². The summed E-state index contributed by atoms with van der Waals surface area (Å²) < 4.78 is 0. The van der Waals surface area contributed by atoms with Gasteiger partial charge in [-0.25, -0.2) is 0 Å². The number of halogens is 2. The van der Waals surface area contributed by atoms with Gasteiger partial charge < -0.3 is 5.73 Å². The monoisotopic (exact) mass is 322 g/mol. The normalized spacial score (nSPS) is 12.6. The Bertz CT molecular complexity index is 572. The zero-order chi connectivity index (χ0) is 15.2. The molecule has 0 aliphatic carbocycles. The molecule has 2 aromatic rings. The Balaban J connectivity index is 2.22. The van der Waals surface area contributed by atoms with E-state index in [1.165, 1.54) is 5.56 Å². The Hall–Kier alpha value is -1.06. The van der Waals surface area contributed by atoms with E-state index >= 15 is 0 Å². The lowest BCUT2D eigenvalue weighted by atomic mass is 10.0. The maximum Gasteiger partial charge on any atom is 0.0595 e. The molecule has 4 heteroatoms. The summed E-state index contributed by atoms with van der Waals surface area (Å²) in [7, 11) is 0. The molecule has 1 atom stereocenters. The van der Waals surface area contributed by atoms with Crippen LogP contribution in [-0.4, -0.2) is 18.0 Å². The van der Waals surface area contributed by atoms with Gasteiger partial charge in [-0.1, -0.05) is 66.5 Å². The molecule has 2 rings (SSSR count). The first-order valence-corrected chi connectivity index (χ1v) is 7.84. The number of nitrogens with two attached hydrogens (primary N) is 1. The van der Waals surface area contributed by atoms with Gasteiger partial charge in [-0.3, -0.25) is 4.90 Å². The van der Waals surface area contributed by atoms with Crippen LogP contribution in [0.25, 0.3) is 0 Å². The van der Waals surface area contributed by atoms with E-state index in [2.05, 4.69) is 36.1 Å². The van der Waals surface area contributed by atoms with Crippen LogP contribution in [0, 0.1) is 0 Å². The largest absolute Gasteiger partial charge is 0.329 e. The first kappa shape index (κ1) is 16.3. The predicted molar refractivity (Wildman–Crippen MR) is 90.8 cm³/mol. The number of likely N-dealkylation sites (N-methyl/N-ethyl adjacent to an activating group) is 1. The molecule has 1 unspecified atom stereocenters. The van der Waals surface area contributed by atoms with E-state index in [0.717, 1.165) is 18.7 Å². The number of nitrogens with zero attached hydrogens (tertiary/aromatic N) is 1. The molecule has 0 aliphatic heterocycles. The van der Waals surface area contributed by atoms with Crippen LogP contribution in [0.5, 0.6) is 0 Å². The zero-order valence-electron chi connectivity index (χ0n) is 12.1. The molecule has 0 saturated carbocycles. The zero-order valence-corrected chi connectivity index (χ0v) is 13.6. The van der Waals surface area contributed by atoms with Crippen LogP contribution in [0.2, 0.25) is 10.0 Å². The predicted octanol–water partition coefficient (Wildman–Crippen LogP) is 4.52. The van der Waals surface area contributed by atoms with E-state index in [1.807, 2.05) is 24.3 Å². The molecule has 0 saturated heterocycles. The summed E-state index contributed by atoms with van der Waals surface area (Å²) in [5.41, 5.74) is 8.38. The third-order valence-electron chi connectivity index (χ3n) is 3.63. The molecule has 112 valence electrons. The third kappa shape index (κ3) is 4.21. The average Bonchev–Trinajstić information content (AvgIpc) is 2.51. The highest BCUT2D eigenvalue weighted by Gasteiger charge is 2.18. The lowest BCUT2D eigenvalue weighted by Gasteiger charge is -2.30. The number of hydrogen-bond acceptors (Lipinski definition) is 2. The van der Waals surface area contributed by atoms with Crippen LogP contribution in [0.4, 0.5) is 0 Å². The maximum absolute atomic E-state index is 6.13. The molecular formula is C17H20Cl2N2. The first-order valence-electron chi connectivity index (χ1n) is 7.08. The maximum atomic E-state index is 6.13. The lowest BCUT2D eigenvalue weighted by molar-refractivity contribution is 0.203. The molecule has 2 nitrogen and oxygen atoms in total. The molecule has 0 amide bonds. The molecule has 0 bridgehead atoms. The Morgan fingerprint density at radius 1 is 1.05 bits per heavy atom. The highest BCUT2D eigenvalue weighted by molar-refractivity contribution is 6.42. The van der Waals surface area contributed by atoms with Gasteiger partial charge in [0.2, 0.25) is 0 Å². The standard InChI is InChI=1S/C17H20Cl2N2/c1-2-21(12-13-6-4-3-5-7-13)17(11-20)14-8-9-15(18)16(19)10-14/h3-10,17H,2,11-12,20H2,1H3. The molecule has 21 heavy (non-hydrogen) atoms. The van der Waals surface area contributed by atoms with E-state index < -0.39 is 0 Å². The Labute approximate surface area is 136 Å². The van der Waals surface area contributed by atoms with Crippen molar-refractivity contribution in [2.75, 3.05) is 13.1 Å². The smallest absolute Gasteiger partial charge is 0.0595 e. The minimum absolute atomic E-state index is 0.130. The quantitative estimate of drug-likeness (QED) is 0.847. The number of benzene rings is 2. The van der Waals surface area contributed by atoms with E-state index in [0.29, 0.717) is 16.6 Å². The Morgan fingerprint density at radius 3 is 2.33 bits per heavy atom. The minimum atomic E-state index is 0.130. The van der Waals surface area contributed by atoms with Gasteiger partial charge in [-0.15, -0.1) is 0 Å². The number of hydrogen-bond donors (Lipinski definition) is 1. The van der Waals surface area contributed by atoms with E-state index in [4.69, 9.17) is 28.9 Å². The van der Waals surface area contributed by atoms with E-state index in [-0.39, 0.29) is 6.04 Å². The van der Waals surface area contributed by atoms with Crippen molar-refractivity contribution in [3.8, 4) is 0 Å². The summed E-state index contributed by atoms with van der Waals surface area (Å²) in [5.74, 6) is 0. The van der Waals surface area contributed by atoms with Crippen molar-refractivity contribution >= 4 is 23.2 Å². The molecule has 0 heterocycles. The molecule has 0 fully saturated rings. The van der Waals surface area contributed by atoms with Gasteiger partial charge in [0.25, 0.3) is 0 Å². The second kappa shape index (κ2) is 7.81. The summed E-state index contributed by atoms with van der Waals surface area (Å²) in [5, 5.41) is 1.14. The van der Waals surface area contributed by atoms with Crippen LogP contribution in [0.3, 0.4) is 0 Å². The Kier molecular flexibility index (Phi) is 6.07. The SMILES string of the molecule is CCN(Cc1ccccc1)C(CN)c1ccc(Cl)c(Cl)c1. The highest BCUT2D eigenvalue weighted by atomic mass is 35.5. The summed E-state index contributed by atoms with van der Waals surface area (Å²) >= 11 is 12.1. The van der Waals surface area contributed by atoms with Crippen LogP contribution in [0.15, 0.2) is 48.5 Å². The van der Waals surface area contributed by atoms with Gasteiger partial charge in [0.1, 0.15) is 0 Å². The highest BCUT2D eigenvalue weighted by Crippen LogP contribution is 2.28. The van der Waals surface area contributed by atoms with Crippen LogP contribution in [-0.2, 0) is 6.54 Å². The molecule has 2 aromatic carbocycles. The van der Waals surface area contributed by atoms with E-state index in [1.54, 1.807) is 0 Å². The van der Waals surface area contributed by atoms with Crippen molar-refractivity contribution in [3.05, 3.63) is 69.7 Å². The van der Waals surface area contributed by atoms with Crippen molar-refractivity contribution < 1.29 is 0 Å². The number of rotatable bonds is 6. The van der Waals surface area contributed by atoms with Crippen molar-refractivity contribution in [2.45, 2.75) is 19.5 Å². The van der Waals surface area contributed by atoms with Crippen LogP contribution < -0.4 is 5.73 Å². The molecule has 0 radical (unpaired) electrons.